The van der Waals surface area contributed by atoms with Crippen molar-refractivity contribution >= 4 is 17.5 Å². The van der Waals surface area contributed by atoms with Crippen LogP contribution < -0.4 is 10.2 Å². The zero-order chi connectivity index (χ0) is 22.1. The summed E-state index contributed by atoms with van der Waals surface area (Å²) in [6, 6.07) is 12.6. The molecular weight excluding hydrogens is 412 g/mol. The second-order valence-electron chi connectivity index (χ2n) is 8.08. The van der Waals surface area contributed by atoms with Crippen molar-refractivity contribution in [3.63, 3.8) is 0 Å². The molecule has 8 heteroatoms. The minimum absolute atomic E-state index is 0.0439. The smallest absolute Gasteiger partial charge is 0.322 e. The van der Waals surface area contributed by atoms with E-state index in [1.165, 1.54) is 6.07 Å². The van der Waals surface area contributed by atoms with E-state index in [1.807, 2.05) is 30.3 Å². The fraction of sp³-hybridized carbons (Fsp3) is 0.292. The summed E-state index contributed by atoms with van der Waals surface area (Å²) in [6.45, 7) is 2.63. The summed E-state index contributed by atoms with van der Waals surface area (Å²) < 4.78 is 27.2. The molecule has 0 radical (unpaired) electrons. The number of nitrogens with zero attached hydrogens (tertiary/aromatic N) is 4. The molecule has 2 aliphatic rings. The summed E-state index contributed by atoms with van der Waals surface area (Å²) in [7, 11) is 0. The minimum atomic E-state index is -0.802. The molecule has 0 aliphatic carbocycles. The molecule has 1 fully saturated rings. The Morgan fingerprint density at radius 2 is 1.75 bits per heavy atom. The standard InChI is InChI=1S/C24H23F2N5O/c25-17-8-9-21(19(26)14-17)28-24(32)31-13-10-20-18(15-31)23(30-11-4-5-12-30)29-22(27-20)16-6-2-1-3-7-16/h1-3,6-9,14H,4-5,10-13,15H2,(H,28,32). The summed E-state index contributed by atoms with van der Waals surface area (Å²) in [5.74, 6) is 0.0766. The highest BCUT2D eigenvalue weighted by Gasteiger charge is 2.29. The van der Waals surface area contributed by atoms with Gasteiger partial charge in [0.2, 0.25) is 0 Å². The number of carbonyl (C=O) groups excluding carboxylic acids is 1. The number of urea groups is 1. The van der Waals surface area contributed by atoms with Gasteiger partial charge in [-0.1, -0.05) is 30.3 Å². The van der Waals surface area contributed by atoms with Crippen molar-refractivity contribution in [2.45, 2.75) is 25.8 Å². The molecule has 0 spiro atoms. The number of amides is 2. The Labute approximate surface area is 184 Å². The molecule has 3 aromatic rings. The molecule has 164 valence electrons. The van der Waals surface area contributed by atoms with Gasteiger partial charge in [-0.05, 0) is 25.0 Å². The van der Waals surface area contributed by atoms with E-state index in [0.29, 0.717) is 25.3 Å². The second-order valence-corrected chi connectivity index (χ2v) is 8.08. The van der Waals surface area contributed by atoms with Crippen LogP contribution in [0.4, 0.5) is 25.1 Å². The number of hydrogen-bond acceptors (Lipinski definition) is 4. The number of aromatic nitrogens is 2. The summed E-state index contributed by atoms with van der Waals surface area (Å²) in [4.78, 5) is 26.4. The van der Waals surface area contributed by atoms with Crippen LogP contribution in [0.25, 0.3) is 11.4 Å². The number of benzene rings is 2. The fourth-order valence-corrected chi connectivity index (χ4v) is 4.26. The van der Waals surface area contributed by atoms with E-state index in [2.05, 4.69) is 10.2 Å². The molecule has 0 atom stereocenters. The number of halogens is 2. The van der Waals surface area contributed by atoms with E-state index in [1.54, 1.807) is 4.90 Å². The largest absolute Gasteiger partial charge is 0.356 e. The molecule has 0 unspecified atom stereocenters. The molecule has 0 bridgehead atoms. The molecule has 2 aliphatic heterocycles. The molecule has 1 saturated heterocycles. The third kappa shape index (κ3) is 4.00. The lowest BCUT2D eigenvalue weighted by Gasteiger charge is -2.32. The first-order valence-corrected chi connectivity index (χ1v) is 10.8. The molecule has 0 saturated carbocycles. The van der Waals surface area contributed by atoms with Crippen molar-refractivity contribution in [3.8, 4) is 11.4 Å². The van der Waals surface area contributed by atoms with Gasteiger partial charge in [0.25, 0.3) is 0 Å². The number of rotatable bonds is 3. The molecular formula is C24H23F2N5O. The average Bonchev–Trinajstić information content (AvgIpc) is 3.35. The normalized spacial score (nSPS) is 15.6. The Bertz CT molecular complexity index is 1150. The van der Waals surface area contributed by atoms with E-state index in [-0.39, 0.29) is 5.69 Å². The Morgan fingerprint density at radius 1 is 0.969 bits per heavy atom. The van der Waals surface area contributed by atoms with E-state index < -0.39 is 17.7 Å². The zero-order valence-corrected chi connectivity index (χ0v) is 17.5. The van der Waals surface area contributed by atoms with Gasteiger partial charge in [-0.15, -0.1) is 0 Å². The van der Waals surface area contributed by atoms with Crippen molar-refractivity contribution in [1.29, 1.82) is 0 Å². The van der Waals surface area contributed by atoms with Crippen molar-refractivity contribution in [1.82, 2.24) is 14.9 Å². The van der Waals surface area contributed by atoms with E-state index in [0.717, 1.165) is 60.7 Å². The lowest BCUT2D eigenvalue weighted by atomic mass is 10.0. The highest BCUT2D eigenvalue weighted by atomic mass is 19.1. The molecule has 1 N–H and O–H groups in total. The zero-order valence-electron chi connectivity index (χ0n) is 17.5. The van der Waals surface area contributed by atoms with Gasteiger partial charge in [0, 0.05) is 43.2 Å². The molecule has 6 nitrogen and oxygen atoms in total. The van der Waals surface area contributed by atoms with Gasteiger partial charge in [-0.2, -0.15) is 0 Å². The Kier molecular flexibility index (Phi) is 5.43. The van der Waals surface area contributed by atoms with Crippen LogP contribution in [-0.4, -0.2) is 40.5 Å². The molecule has 32 heavy (non-hydrogen) atoms. The van der Waals surface area contributed by atoms with Crippen molar-refractivity contribution in [2.24, 2.45) is 0 Å². The first-order valence-electron chi connectivity index (χ1n) is 10.8. The van der Waals surface area contributed by atoms with Crippen LogP contribution in [-0.2, 0) is 13.0 Å². The van der Waals surface area contributed by atoms with Crippen molar-refractivity contribution in [2.75, 3.05) is 29.9 Å². The SMILES string of the molecule is O=C(Nc1ccc(F)cc1F)N1CCc2nc(-c3ccccc3)nc(N3CCCC3)c2C1. The van der Waals surface area contributed by atoms with E-state index >= 15 is 0 Å². The monoisotopic (exact) mass is 435 g/mol. The molecule has 1 aromatic heterocycles. The van der Waals surface area contributed by atoms with Crippen LogP contribution in [0.15, 0.2) is 48.5 Å². The van der Waals surface area contributed by atoms with Gasteiger partial charge in [0.05, 0.1) is 17.9 Å². The maximum Gasteiger partial charge on any atom is 0.322 e. The van der Waals surface area contributed by atoms with Gasteiger partial charge in [0.15, 0.2) is 5.82 Å². The van der Waals surface area contributed by atoms with Crippen molar-refractivity contribution < 1.29 is 13.6 Å². The Balaban J connectivity index is 1.44. The fourth-order valence-electron chi connectivity index (χ4n) is 4.26. The van der Waals surface area contributed by atoms with Gasteiger partial charge in [0.1, 0.15) is 17.5 Å². The highest BCUT2D eigenvalue weighted by molar-refractivity contribution is 5.89. The summed E-state index contributed by atoms with van der Waals surface area (Å²) >= 11 is 0. The summed E-state index contributed by atoms with van der Waals surface area (Å²) in [5, 5.41) is 2.56. The maximum atomic E-state index is 14.0. The molecule has 3 heterocycles. The van der Waals surface area contributed by atoms with Crippen LogP contribution >= 0.6 is 0 Å². The van der Waals surface area contributed by atoms with Gasteiger partial charge in [-0.3, -0.25) is 0 Å². The predicted molar refractivity (Wildman–Crippen MR) is 118 cm³/mol. The Hall–Kier alpha value is -3.55. The number of hydrogen-bond donors (Lipinski definition) is 1. The molecule has 5 rings (SSSR count). The predicted octanol–water partition coefficient (Wildman–Crippen LogP) is 4.61. The molecule has 2 amide bonds. The lowest BCUT2D eigenvalue weighted by Crippen LogP contribution is -2.40. The van der Waals surface area contributed by atoms with Gasteiger partial charge in [-0.25, -0.2) is 23.5 Å². The second kappa shape index (κ2) is 8.53. The Morgan fingerprint density at radius 3 is 2.50 bits per heavy atom. The van der Waals surface area contributed by atoms with Crippen molar-refractivity contribution in [3.05, 3.63) is 71.4 Å². The van der Waals surface area contributed by atoms with E-state index in [4.69, 9.17) is 9.97 Å². The van der Waals surface area contributed by atoms with Crippen LogP contribution in [0.1, 0.15) is 24.1 Å². The van der Waals surface area contributed by atoms with Gasteiger partial charge < -0.3 is 15.1 Å². The lowest BCUT2D eigenvalue weighted by molar-refractivity contribution is 0.206. The first kappa shape index (κ1) is 20.4. The van der Waals surface area contributed by atoms with Gasteiger partial charge >= 0.3 is 6.03 Å². The quantitative estimate of drug-likeness (QED) is 0.653. The van der Waals surface area contributed by atoms with Crippen LogP contribution in [0, 0.1) is 11.6 Å². The van der Waals surface area contributed by atoms with Crippen LogP contribution in [0.2, 0.25) is 0 Å². The number of fused-ring (bicyclic) bond motifs is 1. The topological polar surface area (TPSA) is 61.4 Å². The van der Waals surface area contributed by atoms with Crippen LogP contribution in [0.5, 0.6) is 0 Å². The summed E-state index contributed by atoms with van der Waals surface area (Å²) in [5.41, 5.74) is 2.80. The number of carbonyl (C=O) groups is 1. The van der Waals surface area contributed by atoms with Crippen LogP contribution in [0.3, 0.4) is 0 Å². The summed E-state index contributed by atoms with van der Waals surface area (Å²) in [6.07, 6.45) is 2.79. The first-order chi connectivity index (χ1) is 15.6. The minimum Gasteiger partial charge on any atom is -0.356 e. The molecule has 2 aromatic carbocycles. The third-order valence-electron chi connectivity index (χ3n) is 5.94. The number of anilines is 2. The highest BCUT2D eigenvalue weighted by Crippen LogP contribution is 2.31. The third-order valence-corrected chi connectivity index (χ3v) is 5.94. The average molecular weight is 435 g/mol. The maximum absolute atomic E-state index is 14.0. The number of nitrogens with one attached hydrogen (secondary N) is 1. The van der Waals surface area contributed by atoms with E-state index in [9.17, 15) is 13.6 Å².